The lowest BCUT2D eigenvalue weighted by Gasteiger charge is -2.02. The van der Waals surface area contributed by atoms with Crippen molar-refractivity contribution in [2.24, 2.45) is 0 Å². The van der Waals surface area contributed by atoms with E-state index in [-0.39, 0.29) is 5.97 Å². The molecule has 0 fully saturated rings. The van der Waals surface area contributed by atoms with E-state index in [4.69, 9.17) is 4.74 Å². The van der Waals surface area contributed by atoms with E-state index in [0.717, 1.165) is 25.7 Å². The van der Waals surface area contributed by atoms with Gasteiger partial charge in [0.2, 0.25) is 0 Å². The third-order valence-electron chi connectivity index (χ3n) is 1.82. The van der Waals surface area contributed by atoms with Crippen LogP contribution in [0, 0.1) is 0 Å². The number of ether oxygens (including phenoxy) is 1. The van der Waals surface area contributed by atoms with E-state index in [2.05, 4.69) is 25.3 Å². The lowest BCUT2D eigenvalue weighted by Crippen LogP contribution is -2.05. The van der Waals surface area contributed by atoms with Gasteiger partial charge in [0.25, 0.3) is 0 Å². The fourth-order valence-electron chi connectivity index (χ4n) is 0.963. The molecule has 2 heteroatoms. The van der Waals surface area contributed by atoms with Gasteiger partial charge in [-0.25, -0.2) is 4.79 Å². The highest BCUT2D eigenvalue weighted by Gasteiger charge is 2.00. The van der Waals surface area contributed by atoms with Crippen molar-refractivity contribution in [1.29, 1.82) is 0 Å². The van der Waals surface area contributed by atoms with Crippen LogP contribution in [0.3, 0.4) is 0 Å². The molecule has 0 radical (unpaired) electrons. The average Bonchev–Trinajstić information content (AvgIpc) is 2.21. The second-order valence-electron chi connectivity index (χ2n) is 3.41. The summed E-state index contributed by atoms with van der Waals surface area (Å²) in [6.45, 7) is 9.28. The van der Waals surface area contributed by atoms with Crippen molar-refractivity contribution in [2.45, 2.75) is 32.6 Å². The predicted octanol–water partition coefficient (Wildman–Crippen LogP) is 3.41. The topological polar surface area (TPSA) is 26.3 Å². The number of rotatable bonds is 8. The highest BCUT2D eigenvalue weighted by molar-refractivity contribution is 5.86. The Morgan fingerprint density at radius 3 is 2.67 bits per heavy atom. The summed E-state index contributed by atoms with van der Waals surface area (Å²) in [5.74, 6) is -0.294. The largest absolute Gasteiger partial charge is 0.462 e. The van der Waals surface area contributed by atoms with Crippen LogP contribution in [0.5, 0.6) is 0 Å². The zero-order valence-electron chi connectivity index (χ0n) is 9.50. The minimum absolute atomic E-state index is 0.294. The van der Waals surface area contributed by atoms with Crippen molar-refractivity contribution < 1.29 is 9.53 Å². The summed E-state index contributed by atoms with van der Waals surface area (Å²) in [5.41, 5.74) is 0.459. The predicted molar refractivity (Wildman–Crippen MR) is 63.6 cm³/mol. The van der Waals surface area contributed by atoms with Crippen molar-refractivity contribution in [3.63, 3.8) is 0 Å². The SMILES string of the molecule is C=CCC=CCCCCOC(=O)C(=C)C. The van der Waals surface area contributed by atoms with E-state index >= 15 is 0 Å². The number of allylic oxidation sites excluding steroid dienone is 3. The molecule has 0 aliphatic heterocycles. The maximum absolute atomic E-state index is 11.0. The van der Waals surface area contributed by atoms with Crippen molar-refractivity contribution in [1.82, 2.24) is 0 Å². The van der Waals surface area contributed by atoms with Gasteiger partial charge in [-0.3, -0.25) is 0 Å². The normalized spacial score (nSPS) is 10.2. The summed E-state index contributed by atoms with van der Waals surface area (Å²) >= 11 is 0. The second-order valence-corrected chi connectivity index (χ2v) is 3.41. The smallest absolute Gasteiger partial charge is 0.333 e. The van der Waals surface area contributed by atoms with Crippen LogP contribution in [0.1, 0.15) is 32.6 Å². The fraction of sp³-hybridized carbons (Fsp3) is 0.462. The van der Waals surface area contributed by atoms with Crippen LogP contribution < -0.4 is 0 Å². The van der Waals surface area contributed by atoms with Gasteiger partial charge in [-0.2, -0.15) is 0 Å². The fourth-order valence-corrected chi connectivity index (χ4v) is 0.963. The molecular formula is C13H20O2. The Labute approximate surface area is 92.3 Å². The maximum atomic E-state index is 11.0. The van der Waals surface area contributed by atoms with Gasteiger partial charge in [0.05, 0.1) is 6.61 Å². The Bertz CT molecular complexity index is 239. The lowest BCUT2D eigenvalue weighted by atomic mass is 10.2. The minimum atomic E-state index is -0.294. The van der Waals surface area contributed by atoms with Crippen LogP contribution in [0.4, 0.5) is 0 Å². The van der Waals surface area contributed by atoms with Crippen molar-refractivity contribution in [3.05, 3.63) is 37.0 Å². The third-order valence-corrected chi connectivity index (χ3v) is 1.82. The molecule has 0 aromatic rings. The van der Waals surface area contributed by atoms with Crippen LogP contribution in [-0.2, 0) is 9.53 Å². The molecule has 0 N–H and O–H groups in total. The molecule has 0 spiro atoms. The lowest BCUT2D eigenvalue weighted by molar-refractivity contribution is -0.139. The average molecular weight is 208 g/mol. The van der Waals surface area contributed by atoms with Gasteiger partial charge in [0.15, 0.2) is 0 Å². The molecule has 2 nitrogen and oxygen atoms in total. The first kappa shape index (κ1) is 13.7. The standard InChI is InChI=1S/C13H20O2/c1-4-5-6-7-8-9-10-11-15-13(14)12(2)3/h4,6-7H,1-2,5,8-11H2,3H3. The molecule has 0 saturated heterocycles. The molecule has 84 valence electrons. The van der Waals surface area contributed by atoms with E-state index < -0.39 is 0 Å². The summed E-state index contributed by atoms with van der Waals surface area (Å²) in [6, 6.07) is 0. The van der Waals surface area contributed by atoms with Crippen LogP contribution in [0.25, 0.3) is 0 Å². The van der Waals surface area contributed by atoms with Crippen molar-refractivity contribution >= 4 is 5.97 Å². The number of hydrogen-bond acceptors (Lipinski definition) is 2. The van der Waals surface area contributed by atoms with Crippen LogP contribution in [-0.4, -0.2) is 12.6 Å². The quantitative estimate of drug-likeness (QED) is 0.264. The highest BCUT2D eigenvalue weighted by Crippen LogP contribution is 2.00. The van der Waals surface area contributed by atoms with Crippen LogP contribution in [0.2, 0.25) is 0 Å². The van der Waals surface area contributed by atoms with Gasteiger partial charge in [0.1, 0.15) is 0 Å². The van der Waals surface area contributed by atoms with Crippen molar-refractivity contribution in [2.75, 3.05) is 6.61 Å². The summed E-state index contributed by atoms with van der Waals surface area (Å²) in [7, 11) is 0. The first-order valence-corrected chi connectivity index (χ1v) is 5.27. The van der Waals surface area contributed by atoms with Crippen LogP contribution in [0.15, 0.2) is 37.0 Å². The first-order chi connectivity index (χ1) is 7.18. The van der Waals surface area contributed by atoms with Gasteiger partial charge in [0, 0.05) is 5.57 Å². The summed E-state index contributed by atoms with van der Waals surface area (Å²) < 4.78 is 4.95. The molecule has 0 amide bonds. The molecular weight excluding hydrogens is 188 g/mol. The molecule has 0 atom stereocenters. The highest BCUT2D eigenvalue weighted by atomic mass is 16.5. The monoisotopic (exact) mass is 208 g/mol. The number of carbonyl (C=O) groups excluding carboxylic acids is 1. The molecule has 0 aromatic carbocycles. The Hall–Kier alpha value is -1.31. The summed E-state index contributed by atoms with van der Waals surface area (Å²) in [6.07, 6.45) is 9.97. The van der Waals surface area contributed by atoms with Gasteiger partial charge >= 0.3 is 5.97 Å². The molecule has 0 bridgehead atoms. The first-order valence-electron chi connectivity index (χ1n) is 5.27. The van der Waals surface area contributed by atoms with E-state index in [1.807, 2.05) is 6.08 Å². The van der Waals surface area contributed by atoms with E-state index in [1.54, 1.807) is 6.92 Å². The Morgan fingerprint density at radius 2 is 2.07 bits per heavy atom. The molecule has 0 aliphatic rings. The van der Waals surface area contributed by atoms with Crippen LogP contribution >= 0.6 is 0 Å². The second kappa shape index (κ2) is 9.25. The number of carbonyl (C=O) groups is 1. The molecule has 15 heavy (non-hydrogen) atoms. The number of hydrogen-bond donors (Lipinski definition) is 0. The van der Waals surface area contributed by atoms with Gasteiger partial charge < -0.3 is 4.74 Å². The molecule has 0 unspecified atom stereocenters. The molecule has 0 aliphatic carbocycles. The molecule has 0 rings (SSSR count). The minimum Gasteiger partial charge on any atom is -0.462 e. The molecule has 0 saturated carbocycles. The Morgan fingerprint density at radius 1 is 1.33 bits per heavy atom. The maximum Gasteiger partial charge on any atom is 0.333 e. The Kier molecular flexibility index (Phi) is 8.44. The zero-order chi connectivity index (χ0) is 11.5. The van der Waals surface area contributed by atoms with E-state index in [1.165, 1.54) is 0 Å². The van der Waals surface area contributed by atoms with E-state index in [9.17, 15) is 4.79 Å². The summed E-state index contributed by atoms with van der Waals surface area (Å²) in [4.78, 5) is 11.0. The van der Waals surface area contributed by atoms with E-state index in [0.29, 0.717) is 12.2 Å². The van der Waals surface area contributed by atoms with Crippen molar-refractivity contribution in [3.8, 4) is 0 Å². The Balaban J connectivity index is 3.28. The molecule has 0 heterocycles. The van der Waals surface area contributed by atoms with Gasteiger partial charge in [-0.15, -0.1) is 6.58 Å². The van der Waals surface area contributed by atoms with Gasteiger partial charge in [-0.1, -0.05) is 24.8 Å². The third kappa shape index (κ3) is 9.01. The zero-order valence-corrected chi connectivity index (χ0v) is 9.50. The number of unbranched alkanes of at least 4 members (excludes halogenated alkanes) is 2. The number of esters is 1. The summed E-state index contributed by atoms with van der Waals surface area (Å²) in [5, 5.41) is 0. The molecule has 0 aromatic heterocycles. The van der Waals surface area contributed by atoms with Gasteiger partial charge in [-0.05, 0) is 32.6 Å².